The van der Waals surface area contributed by atoms with Gasteiger partial charge in [0.2, 0.25) is 0 Å². The predicted molar refractivity (Wildman–Crippen MR) is 408 cm³/mol. The fourth-order valence-electron chi connectivity index (χ4n) is 14.4. The Morgan fingerprint density at radius 3 is 1.46 bits per heavy atom. The quantitative estimate of drug-likeness (QED) is 0.110. The van der Waals surface area contributed by atoms with Crippen molar-refractivity contribution in [3.05, 3.63) is 374 Å². The van der Waals surface area contributed by atoms with E-state index in [0.717, 1.165) is 139 Å². The summed E-state index contributed by atoms with van der Waals surface area (Å²) in [4.78, 5) is 35.4. The van der Waals surface area contributed by atoms with Crippen molar-refractivity contribution in [3.63, 3.8) is 0 Å². The van der Waals surface area contributed by atoms with Crippen molar-refractivity contribution in [2.24, 2.45) is 4.99 Å². The molecule has 2 aliphatic heterocycles. The Labute approximate surface area is 579 Å². The van der Waals surface area contributed by atoms with E-state index in [2.05, 4.69) is 312 Å². The van der Waals surface area contributed by atoms with Crippen LogP contribution in [-0.2, 0) is 0 Å². The standard InChI is InChI=1S/C91H61N9/c1-5-19-62(20-6-1)80-57-81(63-43-39-58(40-44-63)74-33-17-37-78-82-72(60-47-51-92-52-48-60)31-15-35-76(82)84(96-86(74)78)64-21-7-2-8-22-64)95-90(94-80)70-29-13-27-68(55-70)69-28-14-30-71(56-69)91-99-88(66-25-11-4-12-26-66)98-89(100-91)67-45-41-59(42-46-67)75-34-18-38-79-83-73(61-49-53-93-54-50-61)32-16-36-77(83)85(97-87(75)79)65-23-9-3-10-24-65/h1-57,85,90,94,97H. The van der Waals surface area contributed by atoms with Gasteiger partial charge >= 0.3 is 0 Å². The maximum atomic E-state index is 5.54. The number of benzene rings is 12. The molecule has 0 spiro atoms. The van der Waals surface area contributed by atoms with Crippen LogP contribution in [0.15, 0.2) is 351 Å². The molecule has 0 saturated carbocycles. The Morgan fingerprint density at radius 2 is 0.760 bits per heavy atom. The lowest BCUT2D eigenvalue weighted by Crippen LogP contribution is -2.24. The third kappa shape index (κ3) is 11.1. The summed E-state index contributed by atoms with van der Waals surface area (Å²) in [6.07, 6.45) is 9.22. The highest BCUT2D eigenvalue weighted by Gasteiger charge is 2.30. The summed E-state index contributed by atoms with van der Waals surface area (Å²) in [5.41, 5.74) is 27.4. The van der Waals surface area contributed by atoms with E-state index in [1.54, 1.807) is 0 Å². The van der Waals surface area contributed by atoms with Gasteiger partial charge in [-0.05, 0) is 120 Å². The number of aromatic nitrogens is 6. The van der Waals surface area contributed by atoms with Crippen LogP contribution < -0.4 is 10.6 Å². The Kier molecular flexibility index (Phi) is 15.2. The summed E-state index contributed by atoms with van der Waals surface area (Å²) >= 11 is 0. The van der Waals surface area contributed by atoms with Gasteiger partial charge in [-0.3, -0.25) is 15.0 Å². The van der Waals surface area contributed by atoms with Gasteiger partial charge < -0.3 is 10.6 Å². The van der Waals surface area contributed by atoms with E-state index in [1.165, 1.54) is 22.3 Å². The minimum absolute atomic E-state index is 0.0690. The summed E-state index contributed by atoms with van der Waals surface area (Å²) in [6.45, 7) is 0. The van der Waals surface area contributed by atoms with Crippen LogP contribution in [0.5, 0.6) is 0 Å². The van der Waals surface area contributed by atoms with E-state index in [9.17, 15) is 0 Å². The summed E-state index contributed by atoms with van der Waals surface area (Å²) in [5.74, 6) is 1.75. The number of aliphatic imine (C=N–C) groups is 1. The highest BCUT2D eigenvalue weighted by atomic mass is 15.1. The molecule has 100 heavy (non-hydrogen) atoms. The molecule has 0 fully saturated rings. The van der Waals surface area contributed by atoms with Crippen molar-refractivity contribution in [1.82, 2.24) is 35.2 Å². The zero-order valence-corrected chi connectivity index (χ0v) is 54.2. The topological polar surface area (TPSA) is 114 Å². The van der Waals surface area contributed by atoms with Gasteiger partial charge in [-0.25, -0.2) is 19.9 Å². The lowest BCUT2D eigenvalue weighted by molar-refractivity contribution is 0.664. The molecule has 470 valence electrons. The molecule has 0 amide bonds. The number of anilines is 1. The molecule has 2 unspecified atom stereocenters. The molecule has 2 N–H and O–H groups in total. The van der Waals surface area contributed by atoms with Crippen LogP contribution in [0.2, 0.25) is 0 Å². The van der Waals surface area contributed by atoms with Crippen molar-refractivity contribution in [2.45, 2.75) is 12.2 Å². The number of nitrogens with one attached hydrogen (secondary N) is 2. The molecular formula is C91H61N9. The minimum atomic E-state index is -0.401. The predicted octanol–water partition coefficient (Wildman–Crippen LogP) is 21.7. The fourth-order valence-corrected chi connectivity index (χ4v) is 14.4. The summed E-state index contributed by atoms with van der Waals surface area (Å²) in [5, 5.41) is 11.2. The average Bonchev–Trinajstić information content (AvgIpc) is 0.742. The van der Waals surface area contributed by atoms with Gasteiger partial charge in [-0.2, -0.15) is 0 Å². The van der Waals surface area contributed by atoms with Crippen LogP contribution in [0.4, 0.5) is 5.69 Å². The molecule has 4 aromatic heterocycles. The first-order chi connectivity index (χ1) is 49.6. The van der Waals surface area contributed by atoms with Crippen LogP contribution in [0, 0.1) is 0 Å². The van der Waals surface area contributed by atoms with E-state index in [-0.39, 0.29) is 6.04 Å². The van der Waals surface area contributed by atoms with Gasteiger partial charge in [0.1, 0.15) is 6.17 Å². The molecule has 16 aromatic rings. The number of fused-ring (bicyclic) bond motifs is 6. The van der Waals surface area contributed by atoms with Gasteiger partial charge in [0.25, 0.3) is 0 Å². The van der Waals surface area contributed by atoms with E-state index < -0.39 is 6.17 Å². The van der Waals surface area contributed by atoms with Crippen LogP contribution in [0.1, 0.15) is 40.0 Å². The van der Waals surface area contributed by atoms with Gasteiger partial charge in [0, 0.05) is 85.6 Å². The maximum absolute atomic E-state index is 5.54. The zero-order chi connectivity index (χ0) is 66.3. The third-order valence-electron chi connectivity index (χ3n) is 19.2. The smallest absolute Gasteiger partial charge is 0.164 e. The lowest BCUT2D eigenvalue weighted by atomic mass is 9.81. The van der Waals surface area contributed by atoms with E-state index >= 15 is 0 Å². The minimum Gasteiger partial charge on any atom is -0.373 e. The maximum Gasteiger partial charge on any atom is 0.164 e. The second-order valence-electron chi connectivity index (χ2n) is 25.2. The van der Waals surface area contributed by atoms with Crippen LogP contribution >= 0.6 is 0 Å². The molecule has 12 aromatic carbocycles. The third-order valence-corrected chi connectivity index (χ3v) is 19.2. The molecule has 0 saturated heterocycles. The van der Waals surface area contributed by atoms with E-state index in [4.69, 9.17) is 24.9 Å². The first-order valence-corrected chi connectivity index (χ1v) is 33.7. The van der Waals surface area contributed by atoms with Crippen molar-refractivity contribution in [1.29, 1.82) is 0 Å². The van der Waals surface area contributed by atoms with Crippen LogP contribution in [0.3, 0.4) is 0 Å². The zero-order valence-electron chi connectivity index (χ0n) is 54.2. The molecule has 0 aliphatic carbocycles. The van der Waals surface area contributed by atoms with Gasteiger partial charge in [-0.15, -0.1) is 0 Å². The van der Waals surface area contributed by atoms with Gasteiger partial charge in [0.15, 0.2) is 17.5 Å². The van der Waals surface area contributed by atoms with Crippen molar-refractivity contribution >= 4 is 38.8 Å². The Hall–Kier alpha value is -13.4. The molecule has 2 aliphatic rings. The first-order valence-electron chi connectivity index (χ1n) is 33.7. The lowest BCUT2D eigenvalue weighted by Gasteiger charge is -2.33. The van der Waals surface area contributed by atoms with Crippen molar-refractivity contribution in [3.8, 4) is 112 Å². The summed E-state index contributed by atoms with van der Waals surface area (Å²) < 4.78 is 0. The molecule has 2 atom stereocenters. The molecule has 9 nitrogen and oxygen atoms in total. The van der Waals surface area contributed by atoms with Crippen molar-refractivity contribution < 1.29 is 0 Å². The molecule has 6 heterocycles. The fraction of sp³-hybridized carbons (Fsp3) is 0.0220. The van der Waals surface area contributed by atoms with Gasteiger partial charge in [0.05, 0.1) is 28.7 Å². The Balaban J connectivity index is 0.672. The second kappa shape index (κ2) is 25.6. The summed E-state index contributed by atoms with van der Waals surface area (Å²) in [6, 6.07) is 111. The summed E-state index contributed by atoms with van der Waals surface area (Å²) in [7, 11) is 0. The first kappa shape index (κ1) is 59.1. The molecule has 9 heteroatoms. The van der Waals surface area contributed by atoms with Gasteiger partial charge in [-0.1, -0.05) is 279 Å². The number of hydrogen-bond acceptors (Lipinski definition) is 9. The monoisotopic (exact) mass is 1280 g/mol. The Bertz CT molecular complexity index is 5810. The van der Waals surface area contributed by atoms with Crippen LogP contribution in [-0.4, -0.2) is 35.6 Å². The number of rotatable bonds is 13. The normalized spacial score (nSPS) is 13.9. The van der Waals surface area contributed by atoms with E-state index in [1.807, 2.05) is 55.1 Å². The highest BCUT2D eigenvalue weighted by molar-refractivity contribution is 6.19. The van der Waals surface area contributed by atoms with Crippen molar-refractivity contribution in [2.75, 3.05) is 5.32 Å². The SMILES string of the molecule is C1=C(c2ccccc2)NC(c2cccc(-c3cccc(-c4nc(-c5ccccc5)nc(-c5ccc(-c6cccc7c6NC(c6ccccc6)c6cccc(-c8ccncc8)c6-7)cc5)n4)c3)c2)N=C1c1ccc(-c2cccc3c2nc(-c2ccccc2)c2cccc(-c4ccncc4)c23)cc1. The molecule has 0 radical (unpaired) electrons. The largest absolute Gasteiger partial charge is 0.373 e. The van der Waals surface area contributed by atoms with Crippen LogP contribution in [0.25, 0.3) is 140 Å². The molecule has 18 rings (SSSR count). The number of pyridine rings is 3. The number of nitrogens with zero attached hydrogens (tertiary/aromatic N) is 7. The highest BCUT2D eigenvalue weighted by Crippen LogP contribution is 2.51. The van der Waals surface area contributed by atoms with E-state index in [0.29, 0.717) is 17.5 Å². The number of hydrogen-bond donors (Lipinski definition) is 2. The number of allylic oxidation sites excluding steroid dienone is 1. The average molecular weight is 1280 g/mol. The molecular weight excluding hydrogens is 1220 g/mol. The Morgan fingerprint density at radius 1 is 0.290 bits per heavy atom. The molecule has 0 bridgehead atoms. The second-order valence-corrected chi connectivity index (χ2v) is 25.2. The number of para-hydroxylation sites is 2.